The number of aliphatic hydroxyl groups is 1. The predicted molar refractivity (Wildman–Crippen MR) is 36.8 cm³/mol. The van der Waals surface area contributed by atoms with Gasteiger partial charge in [-0.15, -0.1) is 0 Å². The Morgan fingerprint density at radius 3 is 1.89 bits per heavy atom. The van der Waals surface area contributed by atoms with Crippen LogP contribution in [0.4, 0.5) is 0 Å². The number of nitrogens with two attached hydrogens (primary N) is 1. The van der Waals surface area contributed by atoms with E-state index in [1.807, 2.05) is 0 Å². The molecule has 0 saturated heterocycles. The van der Waals surface area contributed by atoms with Crippen LogP contribution in [0.15, 0.2) is 0 Å². The lowest BCUT2D eigenvalue weighted by atomic mass is 10.1. The molecule has 0 amide bonds. The van der Waals surface area contributed by atoms with Gasteiger partial charge in [0, 0.05) is 0 Å². The van der Waals surface area contributed by atoms with Crippen molar-refractivity contribution in [3.05, 3.63) is 0 Å². The minimum absolute atomic E-state index is 0.785. The van der Waals surface area contributed by atoms with Gasteiger partial charge in [-0.2, -0.15) is 0 Å². The molecule has 0 heterocycles. The summed E-state index contributed by atoms with van der Waals surface area (Å²) in [6, 6.07) is 0. The first kappa shape index (κ1) is 7.03. The van der Waals surface area contributed by atoms with E-state index in [1.54, 1.807) is 0 Å². The molecule has 1 fully saturated rings. The number of rotatable bonds is 0. The molecule has 2 nitrogen and oxygen atoms in total. The zero-order chi connectivity index (χ0) is 6.74. The minimum atomic E-state index is -0.837. The second-order valence-corrected chi connectivity index (χ2v) is 3.02. The Morgan fingerprint density at radius 2 is 1.44 bits per heavy atom. The van der Waals surface area contributed by atoms with Crippen molar-refractivity contribution in [3.8, 4) is 0 Å². The van der Waals surface area contributed by atoms with Crippen molar-refractivity contribution in [1.82, 2.24) is 0 Å². The van der Waals surface area contributed by atoms with E-state index in [4.69, 9.17) is 5.73 Å². The van der Waals surface area contributed by atoms with Gasteiger partial charge in [-0.05, 0) is 25.7 Å². The van der Waals surface area contributed by atoms with Gasteiger partial charge in [0.2, 0.25) is 0 Å². The standard InChI is InChI=1S/C7H15NO/c8-7(9)5-3-1-2-4-6-7/h9H,1-6,8H2. The third kappa shape index (κ3) is 2.33. The fourth-order valence-electron chi connectivity index (χ4n) is 1.34. The minimum Gasteiger partial charge on any atom is -0.376 e. The first-order valence-electron chi connectivity index (χ1n) is 3.72. The Balaban J connectivity index is 2.36. The Morgan fingerprint density at radius 1 is 1.00 bits per heavy atom. The highest BCUT2D eigenvalue weighted by Crippen LogP contribution is 2.21. The molecule has 0 aliphatic heterocycles. The van der Waals surface area contributed by atoms with Crippen LogP contribution in [-0.2, 0) is 0 Å². The van der Waals surface area contributed by atoms with E-state index in [0.29, 0.717) is 0 Å². The molecule has 54 valence electrons. The lowest BCUT2D eigenvalue weighted by Crippen LogP contribution is -2.38. The van der Waals surface area contributed by atoms with Crippen molar-refractivity contribution in [3.63, 3.8) is 0 Å². The SMILES string of the molecule is NC1(O)CCCCCC1. The Kier molecular flexibility index (Phi) is 2.09. The van der Waals surface area contributed by atoms with Crippen molar-refractivity contribution < 1.29 is 5.11 Å². The fourth-order valence-corrected chi connectivity index (χ4v) is 1.34. The molecule has 9 heavy (non-hydrogen) atoms. The summed E-state index contributed by atoms with van der Waals surface area (Å²) in [4.78, 5) is 0. The van der Waals surface area contributed by atoms with Crippen LogP contribution in [0, 0.1) is 0 Å². The van der Waals surface area contributed by atoms with Crippen molar-refractivity contribution in [2.75, 3.05) is 0 Å². The molecule has 3 N–H and O–H groups in total. The fraction of sp³-hybridized carbons (Fsp3) is 1.00. The summed E-state index contributed by atoms with van der Waals surface area (Å²) in [5.41, 5.74) is 4.70. The van der Waals surface area contributed by atoms with E-state index in [2.05, 4.69) is 0 Å². The first-order chi connectivity index (χ1) is 4.21. The van der Waals surface area contributed by atoms with Crippen LogP contribution in [0.25, 0.3) is 0 Å². The highest BCUT2D eigenvalue weighted by molar-refractivity contribution is 4.73. The highest BCUT2D eigenvalue weighted by atomic mass is 16.3. The number of hydrogen-bond acceptors (Lipinski definition) is 2. The van der Waals surface area contributed by atoms with Crippen LogP contribution in [0.3, 0.4) is 0 Å². The molecule has 0 aromatic rings. The van der Waals surface area contributed by atoms with Crippen LogP contribution in [0.2, 0.25) is 0 Å². The van der Waals surface area contributed by atoms with Gasteiger partial charge in [0.25, 0.3) is 0 Å². The molecular weight excluding hydrogens is 114 g/mol. The maximum atomic E-state index is 9.33. The van der Waals surface area contributed by atoms with Gasteiger partial charge in [0.1, 0.15) is 5.72 Å². The van der Waals surface area contributed by atoms with E-state index in [-0.39, 0.29) is 0 Å². The van der Waals surface area contributed by atoms with Gasteiger partial charge >= 0.3 is 0 Å². The van der Waals surface area contributed by atoms with Crippen LogP contribution in [0.1, 0.15) is 38.5 Å². The normalized spacial score (nSPS) is 27.3. The van der Waals surface area contributed by atoms with Gasteiger partial charge in [-0.25, -0.2) is 0 Å². The highest BCUT2D eigenvalue weighted by Gasteiger charge is 2.21. The average molecular weight is 129 g/mol. The second-order valence-electron chi connectivity index (χ2n) is 3.02. The van der Waals surface area contributed by atoms with Gasteiger partial charge in [0.05, 0.1) is 0 Å². The second kappa shape index (κ2) is 2.67. The van der Waals surface area contributed by atoms with Crippen molar-refractivity contribution in [2.45, 2.75) is 44.2 Å². The zero-order valence-corrected chi connectivity index (χ0v) is 5.77. The summed E-state index contributed by atoms with van der Waals surface area (Å²) in [6.45, 7) is 0. The van der Waals surface area contributed by atoms with Gasteiger partial charge in [-0.1, -0.05) is 12.8 Å². The Bertz CT molecular complexity index is 80.9. The molecule has 1 aliphatic rings. The van der Waals surface area contributed by atoms with Gasteiger partial charge in [-0.3, -0.25) is 0 Å². The number of hydrogen-bond donors (Lipinski definition) is 2. The topological polar surface area (TPSA) is 46.2 Å². The van der Waals surface area contributed by atoms with E-state index in [9.17, 15) is 5.11 Å². The molecule has 1 aliphatic carbocycles. The molecule has 0 unspecified atom stereocenters. The van der Waals surface area contributed by atoms with E-state index < -0.39 is 5.72 Å². The van der Waals surface area contributed by atoms with Gasteiger partial charge in [0.15, 0.2) is 0 Å². The maximum Gasteiger partial charge on any atom is 0.113 e. The smallest absolute Gasteiger partial charge is 0.113 e. The summed E-state index contributed by atoms with van der Waals surface area (Å²) < 4.78 is 0. The molecule has 0 atom stereocenters. The molecule has 2 heteroatoms. The molecule has 0 radical (unpaired) electrons. The Hall–Kier alpha value is -0.0800. The van der Waals surface area contributed by atoms with Crippen molar-refractivity contribution in [2.24, 2.45) is 5.73 Å². The molecule has 0 aromatic carbocycles. The van der Waals surface area contributed by atoms with Crippen molar-refractivity contribution >= 4 is 0 Å². The molecule has 0 spiro atoms. The third-order valence-electron chi connectivity index (χ3n) is 1.97. The van der Waals surface area contributed by atoms with Crippen LogP contribution >= 0.6 is 0 Å². The van der Waals surface area contributed by atoms with E-state index in [0.717, 1.165) is 25.7 Å². The predicted octanol–water partition coefficient (Wildman–Crippen LogP) is 0.988. The quantitative estimate of drug-likeness (QED) is 0.378. The Labute approximate surface area is 56.1 Å². The van der Waals surface area contributed by atoms with Crippen LogP contribution < -0.4 is 5.73 Å². The lowest BCUT2D eigenvalue weighted by Gasteiger charge is -2.19. The third-order valence-corrected chi connectivity index (χ3v) is 1.97. The summed E-state index contributed by atoms with van der Waals surface area (Å²) in [6.07, 6.45) is 6.22. The summed E-state index contributed by atoms with van der Waals surface area (Å²) >= 11 is 0. The molecular formula is C7H15NO. The average Bonchev–Trinajstić information content (AvgIpc) is 1.92. The first-order valence-corrected chi connectivity index (χ1v) is 3.72. The largest absolute Gasteiger partial charge is 0.376 e. The summed E-state index contributed by atoms with van der Waals surface area (Å²) in [5, 5.41) is 9.33. The van der Waals surface area contributed by atoms with Crippen molar-refractivity contribution in [1.29, 1.82) is 0 Å². The van der Waals surface area contributed by atoms with E-state index >= 15 is 0 Å². The summed E-state index contributed by atoms with van der Waals surface area (Å²) in [7, 11) is 0. The van der Waals surface area contributed by atoms with E-state index in [1.165, 1.54) is 12.8 Å². The van der Waals surface area contributed by atoms with Crippen LogP contribution in [0.5, 0.6) is 0 Å². The zero-order valence-electron chi connectivity index (χ0n) is 5.77. The molecule has 1 rings (SSSR count). The van der Waals surface area contributed by atoms with Gasteiger partial charge < -0.3 is 10.8 Å². The molecule has 0 aromatic heterocycles. The maximum absolute atomic E-state index is 9.33. The monoisotopic (exact) mass is 129 g/mol. The molecule has 1 saturated carbocycles. The summed E-state index contributed by atoms with van der Waals surface area (Å²) in [5.74, 6) is 0. The van der Waals surface area contributed by atoms with Crippen LogP contribution in [-0.4, -0.2) is 10.8 Å². The molecule has 0 bridgehead atoms. The lowest BCUT2D eigenvalue weighted by molar-refractivity contribution is 0.0315.